The number of aryl methyl sites for hydroxylation is 1. The van der Waals surface area contributed by atoms with Gasteiger partial charge in [0.05, 0.1) is 80.4 Å². The predicted molar refractivity (Wildman–Crippen MR) is 390 cm³/mol. The Morgan fingerprint density at radius 1 is 0.612 bits per heavy atom. The summed E-state index contributed by atoms with van der Waals surface area (Å²) in [4.78, 5) is 69.5. The van der Waals surface area contributed by atoms with E-state index in [4.69, 9.17) is 50.2 Å². The second-order valence-corrected chi connectivity index (χ2v) is 34.0. The largest absolute Gasteiger partial charge is 0.393 e. The lowest BCUT2D eigenvalue weighted by molar-refractivity contribution is 0.100. The van der Waals surface area contributed by atoms with Gasteiger partial charge in [0.2, 0.25) is 17.3 Å². The van der Waals surface area contributed by atoms with Crippen LogP contribution in [0.25, 0.3) is 0 Å². The van der Waals surface area contributed by atoms with Crippen LogP contribution in [-0.2, 0) is 56.5 Å². The van der Waals surface area contributed by atoms with Gasteiger partial charge in [0, 0.05) is 96.0 Å². The number of hydrogen-bond acceptors (Lipinski definition) is 30. The van der Waals surface area contributed by atoms with E-state index in [2.05, 4.69) is 65.0 Å². The number of benzene rings is 2. The molecular formula is C64H71Cl3N12O17S7. The van der Waals surface area contributed by atoms with Crippen molar-refractivity contribution in [2.75, 3.05) is 35.8 Å². The topological polar surface area (TPSA) is 474 Å². The number of halogens is 3. The summed E-state index contributed by atoms with van der Waals surface area (Å²) in [6.45, 7) is 6.42. The highest BCUT2D eigenvalue weighted by Gasteiger charge is 2.38. The number of anilines is 3. The molecule has 3 aliphatic rings. The molecule has 29 nitrogen and oxygen atoms in total. The fourth-order valence-electron chi connectivity index (χ4n) is 11.5. The first-order chi connectivity index (χ1) is 48.7. The summed E-state index contributed by atoms with van der Waals surface area (Å²) in [5, 5.41) is 76.3. The molecule has 39 heteroatoms. The molecule has 0 aliphatic heterocycles. The van der Waals surface area contributed by atoms with Crippen molar-refractivity contribution in [2.45, 2.75) is 118 Å². The average Bonchev–Trinajstić information content (AvgIpc) is 1.73. The number of carbonyl (C=O) groups is 3. The Morgan fingerprint density at radius 2 is 1.03 bits per heavy atom. The zero-order chi connectivity index (χ0) is 74.7. The number of aliphatic hydroxyl groups excluding tert-OH is 5. The van der Waals surface area contributed by atoms with E-state index in [1.165, 1.54) is 78.1 Å². The van der Waals surface area contributed by atoms with Gasteiger partial charge in [-0.2, -0.15) is 25.3 Å². The monoisotopic (exact) mass is 1610 g/mol. The highest BCUT2D eigenvalue weighted by atomic mass is 35.5. The Morgan fingerprint density at radius 3 is 1.44 bits per heavy atom. The van der Waals surface area contributed by atoms with Crippen LogP contribution in [0.2, 0.25) is 14.4 Å². The average molecular weight is 1610 g/mol. The number of thiophene rings is 3. The maximum atomic E-state index is 13.4. The van der Waals surface area contributed by atoms with Crippen molar-refractivity contribution in [3.63, 3.8) is 0 Å². The molecule has 10 atom stereocenters. The summed E-state index contributed by atoms with van der Waals surface area (Å²) in [6, 6.07) is 19.2. The summed E-state index contributed by atoms with van der Waals surface area (Å²) in [6.07, 6.45) is 7.48. The molecule has 0 saturated heterocycles. The van der Waals surface area contributed by atoms with Crippen molar-refractivity contribution in [3.8, 4) is 0 Å². The van der Waals surface area contributed by atoms with E-state index in [1.54, 1.807) is 19.1 Å². The highest BCUT2D eigenvalue weighted by molar-refractivity contribution is 7.99. The third-order valence-corrected chi connectivity index (χ3v) is 23.3. The summed E-state index contributed by atoms with van der Waals surface area (Å²) in [7, 11) is -12.3. The Hall–Kier alpha value is -6.44. The van der Waals surface area contributed by atoms with Gasteiger partial charge in [0.1, 0.15) is 42.5 Å². The van der Waals surface area contributed by atoms with Crippen LogP contribution >= 0.6 is 80.6 Å². The van der Waals surface area contributed by atoms with E-state index >= 15 is 0 Å². The zero-order valence-corrected chi connectivity index (χ0v) is 62.6. The van der Waals surface area contributed by atoms with Gasteiger partial charge >= 0.3 is 30.9 Å². The first kappa shape index (κ1) is 80.7. The number of nitrogens with zero attached hydrogens (tertiary/aromatic N) is 6. The standard InChI is InChI=1S/C23H25ClN4O6S2.C22H23ClN4O5S3.C19H23ClN4O6S2/c24-16-3-1-2-13(4-16)5-20-14(10-29)7-21(35-20)22(31)18-9-26-12-27-23(18)28-17-6-15(19(30)8-17)11-34-36(25,32)33;1-12-19(34-16-4-2-3-14(23)6-16)8-20(33-12)21(29)17-9-25-11-26-22(17)27-15-5-13(18(28)7-15)10-32-35(24,30)31;1-9(2)16(26)12-5-15(31-18(12)20)17(27)13-6-22-8-23-19(13)24-11-3-10(14(25)4-11)7-30-32(21,28)29/h1-4,7,9,12,15,17,19,29-30H,5-6,8,10-11H2,(H2,25,32,33)(H,26,27,28);2-4,6,8-9,11,13,15,18,28H,5,7,10H2,1H3,(H2,24,30,31)(H,25,26,27);5-6,8,10-11,14,16,25-26H,1,3-4,7H2,2H3,(H2,21,28,29)(H,22,23,24)/t15-,17-,19+;13-,15-,18+;10-,11-,14+,16?/m111/s1. The number of nitrogens with two attached hydrogens (primary N) is 3. The van der Waals surface area contributed by atoms with Gasteiger partial charge in [-0.15, -0.1) is 34.0 Å². The molecule has 0 spiro atoms. The number of rotatable bonds is 28. The highest BCUT2D eigenvalue weighted by Crippen LogP contribution is 2.40. The van der Waals surface area contributed by atoms with Gasteiger partial charge < -0.3 is 41.5 Å². The van der Waals surface area contributed by atoms with Crippen LogP contribution in [0.1, 0.15) is 124 Å². The molecule has 0 amide bonds. The molecule has 3 fully saturated rings. The molecule has 11 rings (SSSR count). The van der Waals surface area contributed by atoms with Gasteiger partial charge in [0.25, 0.3) is 0 Å². The Balaban J connectivity index is 0.000000180. The smallest absolute Gasteiger partial charge is 0.333 e. The van der Waals surface area contributed by atoms with Gasteiger partial charge in [-0.25, -0.2) is 45.3 Å². The first-order valence-corrected chi connectivity index (χ1v) is 40.0. The van der Waals surface area contributed by atoms with E-state index in [0.29, 0.717) is 104 Å². The Labute approximate surface area is 624 Å². The third kappa shape index (κ3) is 23.0. The van der Waals surface area contributed by atoms with Crippen molar-refractivity contribution in [2.24, 2.45) is 33.2 Å². The second-order valence-electron chi connectivity index (χ2n) is 24.3. The minimum atomic E-state index is -4.11. The molecule has 552 valence electrons. The van der Waals surface area contributed by atoms with E-state index in [1.807, 2.05) is 55.5 Å². The van der Waals surface area contributed by atoms with Crippen LogP contribution in [0.3, 0.4) is 0 Å². The predicted octanol–water partition coefficient (Wildman–Crippen LogP) is 7.73. The number of hydrogen-bond donors (Lipinski definition) is 11. The molecule has 6 aromatic heterocycles. The quantitative estimate of drug-likeness (QED) is 0.0165. The molecule has 2 aromatic carbocycles. The van der Waals surface area contributed by atoms with Crippen LogP contribution in [0.5, 0.6) is 0 Å². The molecule has 1 unspecified atom stereocenters. The molecule has 3 saturated carbocycles. The summed E-state index contributed by atoms with van der Waals surface area (Å²) in [5.41, 5.74) is 3.27. The normalized spacial score (nSPS) is 20.7. The zero-order valence-electron chi connectivity index (χ0n) is 54.6. The van der Waals surface area contributed by atoms with E-state index in [9.17, 15) is 65.2 Å². The summed E-state index contributed by atoms with van der Waals surface area (Å²) < 4.78 is 80.4. The van der Waals surface area contributed by atoms with E-state index in [0.717, 1.165) is 36.4 Å². The van der Waals surface area contributed by atoms with Crippen molar-refractivity contribution < 1.29 is 77.7 Å². The van der Waals surface area contributed by atoms with Crippen LogP contribution in [0.15, 0.2) is 126 Å². The minimum absolute atomic E-state index is 0.195. The molecular weight excluding hydrogens is 1540 g/mol. The third-order valence-electron chi connectivity index (χ3n) is 16.6. The lowest BCUT2D eigenvalue weighted by Crippen LogP contribution is -2.24. The summed E-state index contributed by atoms with van der Waals surface area (Å²) in [5.74, 6) is -1.29. The fraction of sp³-hybridized carbons (Fsp3) is 0.359. The molecule has 0 bridgehead atoms. The van der Waals surface area contributed by atoms with Gasteiger partial charge in [-0.05, 0) is 118 Å². The molecule has 0 radical (unpaired) electrons. The van der Waals surface area contributed by atoms with Crippen LogP contribution in [-0.4, -0.2) is 154 Å². The van der Waals surface area contributed by atoms with E-state index < -0.39 is 73.1 Å². The molecule has 8 aromatic rings. The van der Waals surface area contributed by atoms with Gasteiger partial charge in [-0.3, -0.25) is 26.9 Å². The Bertz CT molecular complexity index is 4730. The number of nitrogens with one attached hydrogen (secondary N) is 3. The van der Waals surface area contributed by atoms with Crippen molar-refractivity contribution in [3.05, 3.63) is 189 Å². The maximum absolute atomic E-state index is 13.4. The van der Waals surface area contributed by atoms with E-state index in [-0.39, 0.29) is 83.2 Å². The molecule has 14 N–H and O–H groups in total. The second kappa shape index (κ2) is 35.8. The maximum Gasteiger partial charge on any atom is 0.333 e. The lowest BCUT2D eigenvalue weighted by Gasteiger charge is -2.15. The summed E-state index contributed by atoms with van der Waals surface area (Å²) >= 11 is 23.6. The van der Waals surface area contributed by atoms with Crippen LogP contribution in [0.4, 0.5) is 17.5 Å². The molecule has 103 heavy (non-hydrogen) atoms. The van der Waals surface area contributed by atoms with Gasteiger partial charge in [-0.1, -0.05) is 71.3 Å². The van der Waals surface area contributed by atoms with Crippen molar-refractivity contribution in [1.82, 2.24) is 29.9 Å². The van der Waals surface area contributed by atoms with Crippen molar-refractivity contribution in [1.29, 1.82) is 0 Å². The number of aromatic nitrogens is 6. The minimum Gasteiger partial charge on any atom is -0.393 e. The number of carbonyl (C=O) groups excluding carboxylic acids is 3. The SMILES string of the molecule is C=C(C)C(O)c1cc(C(=O)c2cncnc2N[C@@H]2C[C@H](COS(N)(=O)=O)[C@@H](O)C2)sc1Cl.Cc1sc(C(=O)c2cncnc2N[C@@H]2C[C@H](COS(N)(=O)=O)[C@@H](O)C2)cc1Sc1cccc(Cl)c1.NS(=O)(=O)OC[C@H]1C[C@@H](Nc2ncncc2C(=O)c2cc(CO)c(Cc3cccc(Cl)c3)s2)C[C@@H]1O. The number of ketones is 3. The molecule has 3 aliphatic carbocycles. The van der Waals surface area contributed by atoms with Crippen LogP contribution < -0.4 is 31.4 Å². The Kier molecular flexibility index (Phi) is 28.0. The fourth-order valence-corrected chi connectivity index (χ4v) is 17.6. The van der Waals surface area contributed by atoms with Gasteiger partial charge in [0.15, 0.2) is 0 Å². The number of aliphatic hydroxyl groups is 5. The first-order valence-electron chi connectivity index (χ1n) is 31.2. The van der Waals surface area contributed by atoms with Crippen LogP contribution in [0, 0.1) is 24.7 Å². The van der Waals surface area contributed by atoms with Crippen molar-refractivity contribution >= 4 is 146 Å². The molecule has 6 heterocycles. The lowest BCUT2D eigenvalue weighted by atomic mass is 10.1.